The smallest absolute Gasteiger partial charge is 0.347 e. The number of fused-ring (bicyclic) bond motifs is 6. The summed E-state index contributed by atoms with van der Waals surface area (Å²) in [6.45, 7) is 0. The predicted octanol–water partition coefficient (Wildman–Crippen LogP) is 10.8. The zero-order valence-electron chi connectivity index (χ0n) is 30.5. The lowest BCUT2D eigenvalue weighted by Gasteiger charge is -2.29. The highest BCUT2D eigenvalue weighted by Gasteiger charge is 2.39. The Morgan fingerprint density at radius 3 is 1.33 bits per heavy atom. The Bertz CT molecular complexity index is 3360. The third-order valence-corrected chi connectivity index (χ3v) is 11.8. The van der Waals surface area contributed by atoms with Gasteiger partial charge >= 0.3 is 17.9 Å². The number of para-hydroxylation sites is 4. The molecule has 0 aliphatic carbocycles. The Morgan fingerprint density at radius 1 is 0.431 bits per heavy atom. The molecule has 8 aromatic carbocycles. The van der Waals surface area contributed by atoms with E-state index in [4.69, 9.17) is 9.47 Å². The molecule has 10 aromatic rings. The second-order valence-corrected chi connectivity index (χ2v) is 14.7. The summed E-state index contributed by atoms with van der Waals surface area (Å²) >= 11 is 0. The van der Waals surface area contributed by atoms with E-state index in [1.165, 1.54) is 0 Å². The van der Waals surface area contributed by atoms with Crippen molar-refractivity contribution in [3.8, 4) is 33.6 Å². The van der Waals surface area contributed by atoms with Gasteiger partial charge in [-0.3, -0.25) is 0 Å². The van der Waals surface area contributed by atoms with Crippen LogP contribution in [-0.4, -0.2) is 32.1 Å². The van der Waals surface area contributed by atoms with E-state index in [2.05, 4.69) is 57.7 Å². The fourth-order valence-electron chi connectivity index (χ4n) is 9.31. The third kappa shape index (κ3) is 4.40. The minimum absolute atomic E-state index is 0.127. The fraction of sp³-hybridized carbons (Fsp3) is 0.0200. The number of ether oxygens (including phenoxy) is 2. The maximum Gasteiger partial charge on any atom is 0.347 e. The molecule has 0 saturated carbocycles. The van der Waals surface area contributed by atoms with Gasteiger partial charge in [-0.1, -0.05) is 97.1 Å². The maximum atomic E-state index is 13.8. The van der Waals surface area contributed by atoms with E-state index in [1.807, 2.05) is 97.1 Å². The quantitative estimate of drug-likeness (QED) is 0.142. The van der Waals surface area contributed by atoms with Gasteiger partial charge in [-0.05, 0) is 82.9 Å². The summed E-state index contributed by atoms with van der Waals surface area (Å²) in [7, 11) is 0. The van der Waals surface area contributed by atoms with Crippen molar-refractivity contribution in [2.45, 2.75) is 6.29 Å². The summed E-state index contributed by atoms with van der Waals surface area (Å²) in [6, 6.07) is 51.7. The van der Waals surface area contributed by atoms with Crippen molar-refractivity contribution in [3.63, 3.8) is 0 Å². The number of aliphatic hydroxyl groups is 1. The van der Waals surface area contributed by atoms with E-state index in [0.29, 0.717) is 33.2 Å². The molecular weight excluding hydrogens is 725 g/mol. The Hall–Kier alpha value is -7.81. The molecule has 0 amide bonds. The molecule has 58 heavy (non-hydrogen) atoms. The lowest BCUT2D eigenvalue weighted by molar-refractivity contribution is -0.0683. The highest BCUT2D eigenvalue weighted by Crippen LogP contribution is 2.48. The highest BCUT2D eigenvalue weighted by molar-refractivity contribution is 6.28. The summed E-state index contributed by atoms with van der Waals surface area (Å²) in [5, 5.41) is 16.5. The monoisotopic (exact) mass is 752 g/mol. The molecule has 4 heterocycles. The van der Waals surface area contributed by atoms with E-state index < -0.39 is 24.2 Å². The zero-order chi connectivity index (χ0) is 38.8. The van der Waals surface area contributed by atoms with E-state index in [-0.39, 0.29) is 22.1 Å². The summed E-state index contributed by atoms with van der Waals surface area (Å²) in [5.74, 6) is -2.41. The van der Waals surface area contributed by atoms with Crippen LogP contribution in [0.3, 0.4) is 0 Å². The van der Waals surface area contributed by atoms with Crippen molar-refractivity contribution in [2.24, 2.45) is 0 Å². The highest BCUT2D eigenvalue weighted by atomic mass is 16.6. The number of carbonyl (C=O) groups is 3. The standard InChI is InChI=1S/C50H28N2O6/c53-47-37-25-35(27-17-21-29(22-18-27)51-39-13-5-1-9-31(39)32-10-2-6-14-40(32)51)45-43-38(48(54)57-49(45)55)26-36(46(44(37)43)50(56)58-47)28-19-23-30(24-20-28)52-41-15-7-3-11-33(41)34-12-4-8-16-42(34)52/h1-26,49,55H. The first-order chi connectivity index (χ1) is 28.4. The van der Waals surface area contributed by atoms with Crippen molar-refractivity contribution in [3.05, 3.63) is 180 Å². The number of hydrogen-bond acceptors (Lipinski definition) is 6. The summed E-state index contributed by atoms with van der Waals surface area (Å²) < 4.78 is 15.4. The van der Waals surface area contributed by atoms with Gasteiger partial charge in [0.1, 0.15) is 0 Å². The number of carbonyl (C=O) groups excluding carboxylic acids is 3. The molecule has 0 saturated heterocycles. The molecule has 2 aliphatic heterocycles. The molecule has 0 spiro atoms. The largest absolute Gasteiger partial charge is 0.428 e. The molecule has 0 radical (unpaired) electrons. The van der Waals surface area contributed by atoms with Crippen molar-refractivity contribution in [1.29, 1.82) is 0 Å². The minimum Gasteiger partial charge on any atom is -0.428 e. The third-order valence-electron chi connectivity index (χ3n) is 11.8. The lowest BCUT2D eigenvalue weighted by Crippen LogP contribution is -2.26. The van der Waals surface area contributed by atoms with Gasteiger partial charge in [0, 0.05) is 49.3 Å². The number of rotatable bonds is 4. The lowest BCUT2D eigenvalue weighted by atomic mass is 9.81. The number of cyclic esters (lactones) is 3. The van der Waals surface area contributed by atoms with Crippen molar-refractivity contribution < 1.29 is 29.0 Å². The van der Waals surface area contributed by atoms with E-state index in [9.17, 15) is 19.5 Å². The van der Waals surface area contributed by atoms with Crippen molar-refractivity contribution in [2.75, 3.05) is 0 Å². The van der Waals surface area contributed by atoms with Crippen LogP contribution in [0.5, 0.6) is 0 Å². The molecule has 2 aromatic heterocycles. The number of nitrogens with zero attached hydrogens (tertiary/aromatic N) is 2. The van der Waals surface area contributed by atoms with Gasteiger partial charge in [0.05, 0.1) is 38.8 Å². The number of esters is 3. The molecule has 1 unspecified atom stereocenters. The van der Waals surface area contributed by atoms with Crippen LogP contribution in [0.1, 0.15) is 42.9 Å². The second kappa shape index (κ2) is 11.8. The van der Waals surface area contributed by atoms with E-state index in [0.717, 1.165) is 55.0 Å². The van der Waals surface area contributed by atoms with Crippen LogP contribution in [0.15, 0.2) is 158 Å². The Morgan fingerprint density at radius 2 is 0.845 bits per heavy atom. The van der Waals surface area contributed by atoms with Gasteiger partial charge in [0.2, 0.25) is 6.29 Å². The van der Waals surface area contributed by atoms with Crippen LogP contribution in [-0.2, 0) is 9.47 Å². The first-order valence-electron chi connectivity index (χ1n) is 19.0. The maximum absolute atomic E-state index is 13.8. The van der Waals surface area contributed by atoms with Crippen LogP contribution in [0.25, 0.3) is 88.0 Å². The van der Waals surface area contributed by atoms with Gasteiger partial charge in [-0.25, -0.2) is 14.4 Å². The molecule has 1 N–H and O–H groups in total. The normalized spacial score (nSPS) is 14.8. The molecule has 274 valence electrons. The van der Waals surface area contributed by atoms with Gasteiger partial charge in [0.25, 0.3) is 0 Å². The van der Waals surface area contributed by atoms with Gasteiger partial charge < -0.3 is 23.7 Å². The number of hydrogen-bond donors (Lipinski definition) is 1. The van der Waals surface area contributed by atoms with Gasteiger partial charge in [-0.2, -0.15) is 0 Å². The van der Waals surface area contributed by atoms with Crippen molar-refractivity contribution in [1.82, 2.24) is 9.13 Å². The first-order valence-corrected chi connectivity index (χ1v) is 19.0. The molecule has 8 nitrogen and oxygen atoms in total. The van der Waals surface area contributed by atoms with Crippen LogP contribution in [0.2, 0.25) is 0 Å². The van der Waals surface area contributed by atoms with E-state index in [1.54, 1.807) is 12.1 Å². The van der Waals surface area contributed by atoms with E-state index >= 15 is 0 Å². The molecule has 2 aliphatic rings. The number of benzene rings is 8. The van der Waals surface area contributed by atoms with Crippen molar-refractivity contribution >= 4 is 72.3 Å². The minimum atomic E-state index is -1.64. The Labute approximate surface area is 329 Å². The molecule has 0 bridgehead atoms. The fourth-order valence-corrected chi connectivity index (χ4v) is 9.31. The number of aliphatic hydroxyl groups excluding tert-OH is 1. The average Bonchev–Trinajstić information content (AvgIpc) is 3.78. The van der Waals surface area contributed by atoms with Crippen LogP contribution in [0, 0.1) is 0 Å². The SMILES string of the molecule is O=C1OC(=O)c2c(-c3ccc(-n4c5ccccc5c5ccccc54)cc3)cc3c4c(c(-c5ccc(-n6c7ccccc7c7ccccc76)cc5)cc1c24)C(O)OC3=O. The van der Waals surface area contributed by atoms with Gasteiger partial charge in [0.15, 0.2) is 0 Å². The Kier molecular flexibility index (Phi) is 6.63. The summed E-state index contributed by atoms with van der Waals surface area (Å²) in [4.78, 5) is 41.1. The van der Waals surface area contributed by atoms with Crippen LogP contribution >= 0.6 is 0 Å². The van der Waals surface area contributed by atoms with Crippen LogP contribution in [0.4, 0.5) is 0 Å². The average molecular weight is 753 g/mol. The molecule has 12 rings (SSSR count). The second-order valence-electron chi connectivity index (χ2n) is 14.7. The Balaban J connectivity index is 1.03. The predicted molar refractivity (Wildman–Crippen MR) is 224 cm³/mol. The molecule has 8 heteroatoms. The molecule has 0 fully saturated rings. The topological polar surface area (TPSA) is 99.8 Å². The van der Waals surface area contributed by atoms with Gasteiger partial charge in [-0.15, -0.1) is 0 Å². The zero-order valence-corrected chi connectivity index (χ0v) is 30.5. The summed E-state index contributed by atoms with van der Waals surface area (Å²) in [5.41, 5.74) is 9.00. The molecule has 1 atom stereocenters. The number of aromatic nitrogens is 2. The molecular formula is C50H28N2O6. The first kappa shape index (κ1) is 32.4. The van der Waals surface area contributed by atoms with Crippen LogP contribution < -0.4 is 0 Å². The summed E-state index contributed by atoms with van der Waals surface area (Å²) in [6.07, 6.45) is -1.64.